The number of nitrogens with two attached hydrogens (primary N) is 2. The van der Waals surface area contributed by atoms with Gasteiger partial charge in [0.2, 0.25) is 0 Å². The lowest BCUT2D eigenvalue weighted by Crippen LogP contribution is -2.33. The van der Waals surface area contributed by atoms with Gasteiger partial charge in [0.05, 0.1) is 11.1 Å². The summed E-state index contributed by atoms with van der Waals surface area (Å²) in [5.74, 6) is 0. The third-order valence-electron chi connectivity index (χ3n) is 2.48. The number of halogens is 9. The zero-order valence-corrected chi connectivity index (χ0v) is 9.79. The molecule has 0 saturated carbocycles. The van der Waals surface area contributed by atoms with Crippen LogP contribution in [0.1, 0.15) is 22.7 Å². The van der Waals surface area contributed by atoms with E-state index in [0.29, 0.717) is 0 Å². The molecule has 120 valence electrons. The minimum atomic E-state index is -5.49. The Morgan fingerprint density at radius 3 is 1.33 bits per heavy atom. The van der Waals surface area contributed by atoms with Crippen molar-refractivity contribution in [3.8, 4) is 0 Å². The summed E-state index contributed by atoms with van der Waals surface area (Å²) in [4.78, 5) is 0. The quantitative estimate of drug-likeness (QED) is 0.608. The Morgan fingerprint density at radius 2 is 1.10 bits per heavy atom. The molecule has 0 unspecified atom stereocenters. The maximum Gasteiger partial charge on any atom is 0.416 e. The summed E-state index contributed by atoms with van der Waals surface area (Å²) in [5.41, 5.74) is 2.05. The summed E-state index contributed by atoms with van der Waals surface area (Å²) in [5, 5.41) is 0. The van der Waals surface area contributed by atoms with Gasteiger partial charge in [0.25, 0.3) is 0 Å². The first-order valence-electron chi connectivity index (χ1n) is 5.05. The van der Waals surface area contributed by atoms with E-state index >= 15 is 0 Å². The largest absolute Gasteiger partial charge is 0.416 e. The number of alkyl halides is 9. The third-order valence-corrected chi connectivity index (χ3v) is 2.48. The van der Waals surface area contributed by atoms with Crippen molar-refractivity contribution in [1.29, 1.82) is 0 Å². The molecule has 0 aliphatic rings. The van der Waals surface area contributed by atoms with Crippen LogP contribution in [0, 0.1) is 0 Å². The van der Waals surface area contributed by atoms with Gasteiger partial charge in [0, 0.05) is 11.3 Å². The molecule has 1 aromatic rings. The van der Waals surface area contributed by atoms with Crippen molar-refractivity contribution in [2.75, 3.05) is 5.73 Å². The van der Waals surface area contributed by atoms with Crippen LogP contribution in [0.15, 0.2) is 12.1 Å². The fraction of sp³-hybridized carbons (Fsp3) is 0.400. The number of hydrogen-bond acceptors (Lipinski definition) is 2. The van der Waals surface area contributed by atoms with Crippen LogP contribution in [0.4, 0.5) is 45.2 Å². The van der Waals surface area contributed by atoms with Crippen molar-refractivity contribution in [1.82, 2.24) is 0 Å². The SMILES string of the molecule is Nc1cc(C(F)(F)F)c([C@H](N)C(F)(F)F)c(C(F)(F)F)c1. The first-order valence-corrected chi connectivity index (χ1v) is 5.05. The summed E-state index contributed by atoms with van der Waals surface area (Å²) < 4.78 is 114. The van der Waals surface area contributed by atoms with E-state index in [2.05, 4.69) is 5.73 Å². The maximum absolute atomic E-state index is 12.7. The van der Waals surface area contributed by atoms with Crippen molar-refractivity contribution >= 4 is 5.69 Å². The van der Waals surface area contributed by atoms with Crippen LogP contribution in [0.2, 0.25) is 0 Å². The minimum Gasteiger partial charge on any atom is -0.399 e. The van der Waals surface area contributed by atoms with E-state index in [1.165, 1.54) is 0 Å². The second kappa shape index (κ2) is 4.97. The molecule has 0 saturated heterocycles. The monoisotopic (exact) mass is 326 g/mol. The van der Waals surface area contributed by atoms with Crippen LogP contribution in [-0.4, -0.2) is 6.18 Å². The molecule has 0 aliphatic carbocycles. The van der Waals surface area contributed by atoms with E-state index in [1.807, 2.05) is 0 Å². The summed E-state index contributed by atoms with van der Waals surface area (Å²) in [6.07, 6.45) is -16.4. The van der Waals surface area contributed by atoms with Crippen LogP contribution in [-0.2, 0) is 12.4 Å². The smallest absolute Gasteiger partial charge is 0.399 e. The molecular weight excluding hydrogens is 319 g/mol. The molecule has 21 heavy (non-hydrogen) atoms. The highest BCUT2D eigenvalue weighted by atomic mass is 19.4. The normalized spacial score (nSPS) is 15.1. The van der Waals surface area contributed by atoms with Gasteiger partial charge in [-0.2, -0.15) is 39.5 Å². The molecule has 0 heterocycles. The number of anilines is 1. The van der Waals surface area contributed by atoms with Crippen LogP contribution < -0.4 is 11.5 Å². The topological polar surface area (TPSA) is 52.0 Å². The first-order chi connectivity index (χ1) is 9.15. The van der Waals surface area contributed by atoms with E-state index in [9.17, 15) is 39.5 Å². The van der Waals surface area contributed by atoms with Gasteiger partial charge in [-0.05, 0) is 12.1 Å². The molecule has 0 spiro atoms. The van der Waals surface area contributed by atoms with Crippen LogP contribution in [0.25, 0.3) is 0 Å². The molecule has 0 radical (unpaired) electrons. The molecule has 11 heteroatoms. The van der Waals surface area contributed by atoms with Gasteiger partial charge >= 0.3 is 18.5 Å². The molecule has 0 bridgehead atoms. The molecule has 1 atom stereocenters. The molecule has 4 N–H and O–H groups in total. The first kappa shape index (κ1) is 17.4. The second-order valence-corrected chi connectivity index (χ2v) is 4.04. The Balaban J connectivity index is 3.78. The van der Waals surface area contributed by atoms with Gasteiger partial charge < -0.3 is 11.5 Å². The predicted molar refractivity (Wildman–Crippen MR) is 53.8 cm³/mol. The molecule has 0 aromatic heterocycles. The summed E-state index contributed by atoms with van der Waals surface area (Å²) in [6, 6.07) is -3.49. The molecule has 2 nitrogen and oxygen atoms in total. The zero-order valence-electron chi connectivity index (χ0n) is 9.79. The Bertz CT molecular complexity index is 492. The van der Waals surface area contributed by atoms with Crippen molar-refractivity contribution in [2.45, 2.75) is 24.6 Å². The van der Waals surface area contributed by atoms with Crippen molar-refractivity contribution in [3.63, 3.8) is 0 Å². The van der Waals surface area contributed by atoms with Gasteiger partial charge in [-0.1, -0.05) is 0 Å². The Morgan fingerprint density at radius 1 is 0.762 bits per heavy atom. The molecule has 1 rings (SSSR count). The Labute approximate surface area is 111 Å². The standard InChI is InChI=1S/C10H7F9N2/c11-8(12,13)4-1-3(20)2-5(9(14,15)16)6(4)7(21)10(17,18)19/h1-2,7H,20-21H2/t7-/m0/s1. The van der Waals surface area contributed by atoms with Crippen molar-refractivity contribution in [2.24, 2.45) is 5.73 Å². The molecular formula is C10H7F9N2. The summed E-state index contributed by atoms with van der Waals surface area (Å²) in [7, 11) is 0. The lowest BCUT2D eigenvalue weighted by atomic mass is 9.93. The molecule has 1 aromatic carbocycles. The average molecular weight is 326 g/mol. The number of hydrogen-bond donors (Lipinski definition) is 2. The maximum atomic E-state index is 12.7. The van der Waals surface area contributed by atoms with Crippen LogP contribution in [0.3, 0.4) is 0 Å². The second-order valence-electron chi connectivity index (χ2n) is 4.04. The Kier molecular flexibility index (Phi) is 4.12. The van der Waals surface area contributed by atoms with Gasteiger partial charge in [-0.3, -0.25) is 0 Å². The molecule has 0 fully saturated rings. The molecule has 0 aliphatic heterocycles. The summed E-state index contributed by atoms with van der Waals surface area (Å²) in [6.45, 7) is 0. The average Bonchev–Trinajstić information content (AvgIpc) is 2.23. The van der Waals surface area contributed by atoms with Crippen molar-refractivity contribution in [3.05, 3.63) is 28.8 Å². The van der Waals surface area contributed by atoms with Gasteiger partial charge in [0.1, 0.15) is 6.04 Å². The lowest BCUT2D eigenvalue weighted by molar-refractivity contribution is -0.161. The van der Waals surface area contributed by atoms with E-state index < -0.39 is 46.9 Å². The zero-order chi connectivity index (χ0) is 16.8. The fourth-order valence-electron chi connectivity index (χ4n) is 1.64. The third kappa shape index (κ3) is 3.71. The summed E-state index contributed by atoms with van der Waals surface area (Å²) >= 11 is 0. The van der Waals surface area contributed by atoms with Crippen LogP contribution >= 0.6 is 0 Å². The highest BCUT2D eigenvalue weighted by Crippen LogP contribution is 2.46. The van der Waals surface area contributed by atoms with Gasteiger partial charge in [-0.25, -0.2) is 0 Å². The van der Waals surface area contributed by atoms with E-state index in [1.54, 1.807) is 0 Å². The predicted octanol–water partition coefficient (Wildman–Crippen LogP) is 3.87. The minimum absolute atomic E-state index is 0.0177. The highest BCUT2D eigenvalue weighted by molar-refractivity contribution is 5.53. The van der Waals surface area contributed by atoms with E-state index in [0.717, 1.165) is 0 Å². The van der Waals surface area contributed by atoms with Gasteiger partial charge in [-0.15, -0.1) is 0 Å². The number of benzene rings is 1. The fourth-order valence-corrected chi connectivity index (χ4v) is 1.64. The van der Waals surface area contributed by atoms with Crippen molar-refractivity contribution < 1.29 is 39.5 Å². The van der Waals surface area contributed by atoms with Gasteiger partial charge in [0.15, 0.2) is 0 Å². The van der Waals surface area contributed by atoms with E-state index in [4.69, 9.17) is 5.73 Å². The number of nitrogen functional groups attached to an aromatic ring is 1. The van der Waals surface area contributed by atoms with Crippen LogP contribution in [0.5, 0.6) is 0 Å². The highest BCUT2D eigenvalue weighted by Gasteiger charge is 2.49. The number of rotatable bonds is 1. The Hall–Kier alpha value is -1.65. The van der Waals surface area contributed by atoms with E-state index in [-0.39, 0.29) is 12.1 Å². The lowest BCUT2D eigenvalue weighted by Gasteiger charge is -2.25. The molecule has 0 amide bonds.